The number of H-pyrrole nitrogens is 1. The molecule has 30 heavy (non-hydrogen) atoms. The van der Waals surface area contributed by atoms with E-state index in [4.69, 9.17) is 0 Å². The van der Waals surface area contributed by atoms with Crippen LogP contribution < -0.4 is 5.32 Å². The highest BCUT2D eigenvalue weighted by atomic mass is 28.3. The minimum atomic E-state index is -4.98. The van der Waals surface area contributed by atoms with Crippen molar-refractivity contribution in [2.75, 3.05) is 0 Å². The molecule has 3 nitrogen and oxygen atoms in total. The summed E-state index contributed by atoms with van der Waals surface area (Å²) in [7, 11) is -1.31. The van der Waals surface area contributed by atoms with Gasteiger partial charge in [0.25, 0.3) is 5.91 Å². The van der Waals surface area contributed by atoms with Crippen molar-refractivity contribution in [3.05, 3.63) is 35.0 Å². The molecule has 10 heteroatoms. The SMILES string of the molecule is C[Si]1(C)CCCCC(NC(=O)c2cc3c(C(F)(F)F)cc(C(F)(F)F)cc3[nH]2)CC1. The van der Waals surface area contributed by atoms with Crippen LogP contribution in [0.5, 0.6) is 0 Å². The number of alkyl halides is 6. The van der Waals surface area contributed by atoms with Crippen molar-refractivity contribution in [3.8, 4) is 0 Å². The molecule has 1 aliphatic heterocycles. The molecule has 2 N–H and O–H groups in total. The van der Waals surface area contributed by atoms with Crippen molar-refractivity contribution in [2.45, 2.75) is 69.3 Å². The lowest BCUT2D eigenvalue weighted by molar-refractivity contribution is -0.142. The molecular formula is C20H24F6N2OSi. The summed E-state index contributed by atoms with van der Waals surface area (Å²) in [6.07, 6.45) is -6.28. The van der Waals surface area contributed by atoms with Crippen LogP contribution in [0.2, 0.25) is 25.2 Å². The van der Waals surface area contributed by atoms with Crippen LogP contribution >= 0.6 is 0 Å². The summed E-state index contributed by atoms with van der Waals surface area (Å²) in [5.74, 6) is -0.599. The van der Waals surface area contributed by atoms with Gasteiger partial charge in [-0.1, -0.05) is 38.0 Å². The van der Waals surface area contributed by atoms with E-state index in [9.17, 15) is 31.1 Å². The second-order valence-electron chi connectivity index (χ2n) is 8.78. The van der Waals surface area contributed by atoms with E-state index in [0.717, 1.165) is 37.8 Å². The Kier molecular flexibility index (Phi) is 6.01. The molecule has 0 saturated carbocycles. The van der Waals surface area contributed by atoms with Crippen molar-refractivity contribution in [3.63, 3.8) is 0 Å². The molecule has 1 atom stereocenters. The number of hydrogen-bond acceptors (Lipinski definition) is 1. The summed E-state index contributed by atoms with van der Waals surface area (Å²) in [6, 6.07) is 3.85. The van der Waals surface area contributed by atoms with Crippen LogP contribution in [0.3, 0.4) is 0 Å². The van der Waals surface area contributed by atoms with Gasteiger partial charge in [-0.2, -0.15) is 26.3 Å². The predicted octanol–water partition coefficient (Wildman–Crippen LogP) is 6.59. The molecule has 3 rings (SSSR count). The number of aromatic amines is 1. The first-order valence-electron chi connectivity index (χ1n) is 9.88. The normalized spacial score (nSPS) is 20.6. The van der Waals surface area contributed by atoms with Gasteiger partial charge < -0.3 is 10.3 Å². The average Bonchev–Trinajstić information content (AvgIpc) is 3.03. The molecule has 1 fully saturated rings. The molecule has 0 aliphatic carbocycles. The van der Waals surface area contributed by atoms with Crippen LogP contribution in [0.15, 0.2) is 18.2 Å². The fourth-order valence-corrected chi connectivity index (χ4v) is 6.58. The standard InChI is InChI=1S/C20H24F6N2OSi/c1-30(2)7-4-3-5-13(6-8-30)27-18(29)17-11-14-15(20(24,25)26)9-12(19(21,22)23)10-16(14)28-17/h9-11,13,28H,3-8H2,1-2H3,(H,27,29). The second kappa shape index (κ2) is 7.94. The van der Waals surface area contributed by atoms with E-state index in [0.29, 0.717) is 6.07 Å². The Morgan fingerprint density at radius 1 is 1.00 bits per heavy atom. The van der Waals surface area contributed by atoms with Gasteiger partial charge >= 0.3 is 12.4 Å². The molecular weight excluding hydrogens is 426 g/mol. The fraction of sp³-hybridized carbons (Fsp3) is 0.550. The largest absolute Gasteiger partial charge is 0.417 e. The number of amides is 1. The topological polar surface area (TPSA) is 44.9 Å². The van der Waals surface area contributed by atoms with Gasteiger partial charge in [-0.3, -0.25) is 4.79 Å². The van der Waals surface area contributed by atoms with Gasteiger partial charge in [0.15, 0.2) is 0 Å². The van der Waals surface area contributed by atoms with Crippen LogP contribution in [0.4, 0.5) is 26.3 Å². The number of benzene rings is 1. The zero-order valence-corrected chi connectivity index (χ0v) is 17.7. The van der Waals surface area contributed by atoms with Gasteiger partial charge in [0.1, 0.15) is 5.69 Å². The molecule has 1 aromatic carbocycles. The van der Waals surface area contributed by atoms with Crippen LogP contribution in [-0.2, 0) is 12.4 Å². The van der Waals surface area contributed by atoms with Gasteiger partial charge in [-0.25, -0.2) is 0 Å². The minimum absolute atomic E-state index is 0.0827. The predicted molar refractivity (Wildman–Crippen MR) is 105 cm³/mol. The van der Waals surface area contributed by atoms with E-state index in [1.54, 1.807) is 0 Å². The quantitative estimate of drug-likeness (QED) is 0.394. The van der Waals surface area contributed by atoms with Gasteiger partial charge in [0.2, 0.25) is 0 Å². The number of carbonyl (C=O) groups excluding carboxylic acids is 1. The van der Waals surface area contributed by atoms with Crippen LogP contribution in [0, 0.1) is 0 Å². The zero-order chi connectivity index (χ0) is 22.3. The molecule has 1 unspecified atom stereocenters. The summed E-state index contributed by atoms with van der Waals surface area (Å²) in [5, 5.41) is 2.40. The molecule has 166 valence electrons. The second-order valence-corrected chi connectivity index (χ2v) is 14.1. The van der Waals surface area contributed by atoms with Crippen molar-refractivity contribution in [2.24, 2.45) is 0 Å². The monoisotopic (exact) mass is 450 g/mol. The Balaban J connectivity index is 1.90. The van der Waals surface area contributed by atoms with E-state index in [1.807, 2.05) is 0 Å². The first-order chi connectivity index (χ1) is 13.8. The first kappa shape index (κ1) is 22.7. The molecule has 2 heterocycles. The molecule has 1 amide bonds. The minimum Gasteiger partial charge on any atom is -0.351 e. The molecule has 0 bridgehead atoms. The van der Waals surface area contributed by atoms with Gasteiger partial charge in [0.05, 0.1) is 11.1 Å². The lowest BCUT2D eigenvalue weighted by Gasteiger charge is -2.29. The van der Waals surface area contributed by atoms with E-state index in [2.05, 4.69) is 23.4 Å². The number of halogens is 6. The summed E-state index contributed by atoms with van der Waals surface area (Å²) >= 11 is 0. The van der Waals surface area contributed by atoms with Crippen LogP contribution in [-0.4, -0.2) is 25.0 Å². The third-order valence-electron chi connectivity index (χ3n) is 5.78. The Hall–Kier alpha value is -1.97. The number of hydrogen-bond donors (Lipinski definition) is 2. The maximum absolute atomic E-state index is 13.3. The molecule has 0 spiro atoms. The summed E-state index contributed by atoms with van der Waals surface area (Å²) < 4.78 is 79.1. The Morgan fingerprint density at radius 2 is 1.70 bits per heavy atom. The van der Waals surface area contributed by atoms with Gasteiger partial charge in [-0.15, -0.1) is 0 Å². The summed E-state index contributed by atoms with van der Waals surface area (Å²) in [5.41, 5.74) is -3.37. The molecule has 1 saturated heterocycles. The average molecular weight is 450 g/mol. The molecule has 1 aromatic heterocycles. The highest BCUT2D eigenvalue weighted by molar-refractivity contribution is 6.77. The smallest absolute Gasteiger partial charge is 0.351 e. The zero-order valence-electron chi connectivity index (χ0n) is 16.7. The van der Waals surface area contributed by atoms with Gasteiger partial charge in [0, 0.05) is 25.0 Å². The van der Waals surface area contributed by atoms with E-state index < -0.39 is 42.8 Å². The van der Waals surface area contributed by atoms with Crippen molar-refractivity contribution >= 4 is 24.9 Å². The maximum Gasteiger partial charge on any atom is 0.417 e. The number of aromatic nitrogens is 1. The van der Waals surface area contributed by atoms with E-state index >= 15 is 0 Å². The summed E-state index contributed by atoms with van der Waals surface area (Å²) in [6.45, 7) is 4.59. The highest BCUT2D eigenvalue weighted by Gasteiger charge is 2.38. The van der Waals surface area contributed by atoms with Crippen LogP contribution in [0.1, 0.15) is 47.3 Å². The van der Waals surface area contributed by atoms with E-state index in [1.165, 1.54) is 6.04 Å². The number of rotatable bonds is 2. The third kappa shape index (κ3) is 5.19. The molecule has 0 radical (unpaired) electrons. The Labute approximate surface area is 171 Å². The van der Waals surface area contributed by atoms with Crippen molar-refractivity contribution in [1.82, 2.24) is 10.3 Å². The maximum atomic E-state index is 13.3. The first-order valence-corrected chi connectivity index (χ1v) is 13.3. The van der Waals surface area contributed by atoms with Crippen molar-refractivity contribution in [1.29, 1.82) is 0 Å². The molecule has 1 aliphatic rings. The van der Waals surface area contributed by atoms with Crippen molar-refractivity contribution < 1.29 is 31.1 Å². The fourth-order valence-electron chi connectivity index (χ4n) is 3.99. The highest BCUT2D eigenvalue weighted by Crippen LogP contribution is 2.40. The lowest BCUT2D eigenvalue weighted by atomic mass is 10.0. The lowest BCUT2D eigenvalue weighted by Crippen LogP contribution is -2.38. The number of nitrogens with one attached hydrogen (secondary N) is 2. The van der Waals surface area contributed by atoms with Crippen LogP contribution in [0.25, 0.3) is 10.9 Å². The van der Waals surface area contributed by atoms with Gasteiger partial charge in [-0.05, 0) is 31.0 Å². The third-order valence-corrected chi connectivity index (χ3v) is 9.13. The number of fused-ring (bicyclic) bond motifs is 1. The van der Waals surface area contributed by atoms with E-state index in [-0.39, 0.29) is 23.3 Å². The number of carbonyl (C=O) groups is 1. The molecule has 2 aromatic rings. The Bertz CT molecular complexity index is 932. The summed E-state index contributed by atoms with van der Waals surface area (Å²) in [4.78, 5) is 15.1. The Morgan fingerprint density at radius 3 is 2.33 bits per heavy atom.